The second-order valence-corrected chi connectivity index (χ2v) is 10.2. The van der Waals surface area contributed by atoms with Crippen molar-refractivity contribution in [2.24, 2.45) is 0 Å². The average Bonchev–Trinajstić information content (AvgIpc) is 2.82. The molecule has 4 rings (SSSR count). The molecule has 1 aliphatic heterocycles. The van der Waals surface area contributed by atoms with Gasteiger partial charge in [-0.3, -0.25) is 9.10 Å². The lowest BCUT2D eigenvalue weighted by Gasteiger charge is -2.34. The van der Waals surface area contributed by atoms with Crippen molar-refractivity contribution in [2.45, 2.75) is 37.7 Å². The molecular formula is C26H28N2O4S. The van der Waals surface area contributed by atoms with E-state index in [4.69, 9.17) is 4.74 Å². The topological polar surface area (TPSA) is 75.7 Å². The maximum atomic E-state index is 13.4. The number of carbonyl (C=O) groups is 1. The third-order valence-electron chi connectivity index (χ3n) is 5.70. The minimum absolute atomic E-state index is 0.0863. The van der Waals surface area contributed by atoms with Crippen molar-refractivity contribution in [1.29, 1.82) is 0 Å². The van der Waals surface area contributed by atoms with Crippen molar-refractivity contribution in [1.82, 2.24) is 5.32 Å². The zero-order chi connectivity index (χ0) is 23.4. The highest BCUT2D eigenvalue weighted by Crippen LogP contribution is 2.36. The van der Waals surface area contributed by atoms with Crippen molar-refractivity contribution in [3.05, 3.63) is 89.5 Å². The summed E-state index contributed by atoms with van der Waals surface area (Å²) in [7, 11) is -3.85. The average molecular weight is 465 g/mol. The molecule has 172 valence electrons. The molecule has 1 N–H and O–H groups in total. The number of hydrogen-bond donors (Lipinski definition) is 1. The number of para-hydroxylation sites is 2. The van der Waals surface area contributed by atoms with E-state index < -0.39 is 16.1 Å². The molecule has 6 nitrogen and oxygen atoms in total. The molecule has 33 heavy (non-hydrogen) atoms. The van der Waals surface area contributed by atoms with Gasteiger partial charge in [-0.05, 0) is 56.5 Å². The van der Waals surface area contributed by atoms with E-state index in [1.165, 1.54) is 15.4 Å². The van der Waals surface area contributed by atoms with Gasteiger partial charge in [0.2, 0.25) is 0 Å². The third kappa shape index (κ3) is 5.20. The van der Waals surface area contributed by atoms with Crippen LogP contribution in [0.3, 0.4) is 0 Å². The number of anilines is 1. The molecule has 0 spiro atoms. The van der Waals surface area contributed by atoms with E-state index >= 15 is 0 Å². The maximum absolute atomic E-state index is 13.4. The van der Waals surface area contributed by atoms with Crippen LogP contribution in [0.1, 0.15) is 23.1 Å². The van der Waals surface area contributed by atoms with Crippen molar-refractivity contribution in [2.75, 3.05) is 17.4 Å². The van der Waals surface area contributed by atoms with Gasteiger partial charge >= 0.3 is 0 Å². The fourth-order valence-corrected chi connectivity index (χ4v) is 5.25. The van der Waals surface area contributed by atoms with Crippen LogP contribution < -0.4 is 14.4 Å². The zero-order valence-electron chi connectivity index (χ0n) is 18.8. The molecule has 0 aromatic heterocycles. The van der Waals surface area contributed by atoms with E-state index in [0.29, 0.717) is 18.0 Å². The largest absolute Gasteiger partial charge is 0.476 e. The maximum Gasteiger partial charge on any atom is 0.264 e. The summed E-state index contributed by atoms with van der Waals surface area (Å²) in [4.78, 5) is 13.0. The first kappa shape index (κ1) is 22.9. The van der Waals surface area contributed by atoms with E-state index in [9.17, 15) is 13.2 Å². The Hall–Kier alpha value is -3.32. The second kappa shape index (κ2) is 9.67. The Labute approximate surface area is 195 Å². The van der Waals surface area contributed by atoms with Crippen LogP contribution in [0.4, 0.5) is 5.69 Å². The SMILES string of the molecule is Cc1ccc(CCCNC(=O)C2CN(S(=O)(=O)c3ccc(C)cc3)c3ccccc3O2)cc1. The molecule has 0 radical (unpaired) electrons. The molecule has 0 saturated carbocycles. The molecule has 0 fully saturated rings. The molecule has 1 amide bonds. The highest BCUT2D eigenvalue weighted by Gasteiger charge is 2.37. The Bertz CT molecular complexity index is 1220. The van der Waals surface area contributed by atoms with Gasteiger partial charge in [-0.15, -0.1) is 0 Å². The fourth-order valence-electron chi connectivity index (χ4n) is 3.78. The van der Waals surface area contributed by atoms with Gasteiger partial charge < -0.3 is 10.1 Å². The second-order valence-electron chi connectivity index (χ2n) is 8.30. The number of nitrogens with zero attached hydrogens (tertiary/aromatic N) is 1. The summed E-state index contributed by atoms with van der Waals surface area (Å²) in [5.41, 5.74) is 3.83. The Morgan fingerprint density at radius 3 is 2.30 bits per heavy atom. The number of ether oxygens (including phenoxy) is 1. The molecule has 0 saturated heterocycles. The van der Waals surface area contributed by atoms with Crippen LogP contribution in [-0.4, -0.2) is 33.5 Å². The number of hydrogen-bond acceptors (Lipinski definition) is 4. The number of sulfonamides is 1. The van der Waals surface area contributed by atoms with Crippen LogP contribution in [-0.2, 0) is 21.2 Å². The van der Waals surface area contributed by atoms with Crippen LogP contribution in [0.2, 0.25) is 0 Å². The lowest BCUT2D eigenvalue weighted by Crippen LogP contribution is -2.50. The molecule has 1 heterocycles. The van der Waals surface area contributed by atoms with Gasteiger partial charge in [0.25, 0.3) is 15.9 Å². The third-order valence-corrected chi connectivity index (χ3v) is 7.49. The molecule has 0 bridgehead atoms. The first-order valence-corrected chi connectivity index (χ1v) is 12.5. The summed E-state index contributed by atoms with van der Waals surface area (Å²) < 4.78 is 34.0. The molecule has 1 atom stereocenters. The van der Waals surface area contributed by atoms with Gasteiger partial charge in [0.05, 0.1) is 17.1 Å². The highest BCUT2D eigenvalue weighted by atomic mass is 32.2. The Balaban J connectivity index is 1.46. The molecule has 3 aromatic carbocycles. The van der Waals surface area contributed by atoms with Gasteiger partial charge in [-0.2, -0.15) is 0 Å². The number of carbonyl (C=O) groups excluding carboxylic acids is 1. The van der Waals surface area contributed by atoms with Crippen LogP contribution in [0.25, 0.3) is 0 Å². The van der Waals surface area contributed by atoms with Crippen molar-refractivity contribution in [3.8, 4) is 5.75 Å². The van der Waals surface area contributed by atoms with Crippen molar-refractivity contribution >= 4 is 21.6 Å². The van der Waals surface area contributed by atoms with Crippen LogP contribution in [0.5, 0.6) is 5.75 Å². The van der Waals surface area contributed by atoms with Crippen LogP contribution in [0.15, 0.2) is 77.7 Å². The Morgan fingerprint density at radius 2 is 1.61 bits per heavy atom. The lowest BCUT2D eigenvalue weighted by molar-refractivity contribution is -0.127. The van der Waals surface area contributed by atoms with E-state index in [1.54, 1.807) is 48.5 Å². The van der Waals surface area contributed by atoms with E-state index in [1.807, 2.05) is 6.92 Å². The summed E-state index contributed by atoms with van der Waals surface area (Å²) in [6.07, 6.45) is 0.700. The van der Waals surface area contributed by atoms with E-state index in [0.717, 1.165) is 18.4 Å². The van der Waals surface area contributed by atoms with Gasteiger partial charge in [0, 0.05) is 6.54 Å². The van der Waals surface area contributed by atoms with Crippen molar-refractivity contribution in [3.63, 3.8) is 0 Å². The van der Waals surface area contributed by atoms with Gasteiger partial charge in [-0.1, -0.05) is 59.7 Å². The number of amides is 1. The van der Waals surface area contributed by atoms with E-state index in [-0.39, 0.29) is 17.3 Å². The van der Waals surface area contributed by atoms with Gasteiger partial charge in [-0.25, -0.2) is 8.42 Å². The lowest BCUT2D eigenvalue weighted by atomic mass is 10.1. The van der Waals surface area contributed by atoms with Gasteiger partial charge in [0.1, 0.15) is 5.75 Å². The monoisotopic (exact) mass is 464 g/mol. The predicted octanol–water partition coefficient (Wildman–Crippen LogP) is 4.01. The van der Waals surface area contributed by atoms with Crippen molar-refractivity contribution < 1.29 is 17.9 Å². The summed E-state index contributed by atoms with van der Waals surface area (Å²) in [5.74, 6) is 0.0526. The number of rotatable bonds is 7. The first-order valence-electron chi connectivity index (χ1n) is 11.0. The number of fused-ring (bicyclic) bond motifs is 1. The molecular weight excluding hydrogens is 436 g/mol. The Morgan fingerprint density at radius 1 is 0.970 bits per heavy atom. The number of aryl methyl sites for hydroxylation is 3. The van der Waals surface area contributed by atoms with Crippen LogP contribution in [0, 0.1) is 13.8 Å². The van der Waals surface area contributed by atoms with Gasteiger partial charge in [0.15, 0.2) is 6.10 Å². The quantitative estimate of drug-likeness (QED) is 0.536. The molecule has 3 aromatic rings. The van der Waals surface area contributed by atoms with E-state index in [2.05, 4.69) is 36.5 Å². The standard InChI is InChI=1S/C26H28N2O4S/c1-19-9-13-21(14-10-19)6-5-17-27-26(29)25-18-28(23-7-3-4-8-24(23)32-25)33(30,31)22-15-11-20(2)12-16-22/h3-4,7-16,25H,5-6,17-18H2,1-2H3,(H,27,29). The predicted molar refractivity (Wildman–Crippen MR) is 129 cm³/mol. The fraction of sp³-hybridized carbons (Fsp3) is 0.269. The summed E-state index contributed by atoms with van der Waals surface area (Å²) >= 11 is 0. The van der Waals surface area contributed by atoms with Crippen LogP contribution >= 0.6 is 0 Å². The summed E-state index contributed by atoms with van der Waals surface area (Å²) in [6.45, 7) is 4.35. The molecule has 0 aliphatic carbocycles. The minimum atomic E-state index is -3.85. The normalized spacial score (nSPS) is 15.5. The highest BCUT2D eigenvalue weighted by molar-refractivity contribution is 7.92. The summed E-state index contributed by atoms with van der Waals surface area (Å²) in [6, 6.07) is 21.9. The molecule has 1 aliphatic rings. The zero-order valence-corrected chi connectivity index (χ0v) is 19.6. The smallest absolute Gasteiger partial charge is 0.264 e. The Kier molecular flexibility index (Phi) is 6.70. The minimum Gasteiger partial charge on any atom is -0.476 e. The molecule has 7 heteroatoms. The number of nitrogens with one attached hydrogen (secondary N) is 1. The number of benzene rings is 3. The summed E-state index contributed by atoms with van der Waals surface area (Å²) in [5, 5.41) is 2.90. The first-order chi connectivity index (χ1) is 15.8. The molecule has 1 unspecified atom stereocenters.